The number of hydrogen-bond donors (Lipinski definition) is 2. The smallest absolute Gasteiger partial charge is 0.387 e. The van der Waals surface area contributed by atoms with Gasteiger partial charge in [0.2, 0.25) is 10.9 Å². The number of aromatic nitrogens is 2. The van der Waals surface area contributed by atoms with Gasteiger partial charge in [-0.15, -0.1) is 0 Å². The molecular formula is C67H49F9N4O11. The molecule has 4 aromatic heterocycles. The second-order valence-corrected chi connectivity index (χ2v) is 19.5. The molecule has 0 spiro atoms. The summed E-state index contributed by atoms with van der Waals surface area (Å²) in [7, 11) is 0. The van der Waals surface area contributed by atoms with Crippen molar-refractivity contribution in [3.63, 3.8) is 0 Å². The molecule has 466 valence electrons. The van der Waals surface area contributed by atoms with Gasteiger partial charge in [-0.2, -0.15) is 8.78 Å². The van der Waals surface area contributed by atoms with Gasteiger partial charge in [-0.05, 0) is 123 Å². The number of esters is 1. The first-order valence-electron chi connectivity index (χ1n) is 27.1. The van der Waals surface area contributed by atoms with E-state index in [2.05, 4.69) is 24.4 Å². The number of nitrogens with two attached hydrogens (primary N) is 1. The van der Waals surface area contributed by atoms with Crippen LogP contribution in [0, 0.1) is 47.6 Å². The van der Waals surface area contributed by atoms with Crippen LogP contribution in [-0.2, 0) is 17.8 Å². The highest BCUT2D eigenvalue weighted by Gasteiger charge is 2.25. The Morgan fingerprint density at radius 3 is 1.76 bits per heavy atom. The van der Waals surface area contributed by atoms with E-state index >= 15 is 0 Å². The number of ketones is 1. The zero-order valence-electron chi connectivity index (χ0n) is 48.4. The van der Waals surface area contributed by atoms with Crippen molar-refractivity contribution in [2.75, 3.05) is 5.73 Å². The summed E-state index contributed by atoms with van der Waals surface area (Å²) in [5.74, 6) is -4.84. The van der Waals surface area contributed by atoms with Crippen molar-refractivity contribution in [2.45, 2.75) is 60.3 Å². The van der Waals surface area contributed by atoms with Crippen molar-refractivity contribution in [3.05, 3.63) is 263 Å². The van der Waals surface area contributed by atoms with Crippen molar-refractivity contribution < 1.29 is 76.9 Å². The van der Waals surface area contributed by atoms with Crippen LogP contribution < -0.4 is 31.5 Å². The van der Waals surface area contributed by atoms with Gasteiger partial charge >= 0.3 is 12.6 Å². The van der Waals surface area contributed by atoms with E-state index < -0.39 is 81.8 Å². The van der Waals surface area contributed by atoms with Crippen LogP contribution in [0.4, 0.5) is 45.3 Å². The lowest BCUT2D eigenvalue weighted by molar-refractivity contribution is -0.131. The number of aliphatic hydroxyl groups excluding tert-OH is 1. The number of aliphatic imine (C=N–C) groups is 1. The van der Waals surface area contributed by atoms with Gasteiger partial charge in [0, 0.05) is 25.0 Å². The minimum Gasteiger partial charge on any atom is -0.461 e. The molecule has 91 heavy (non-hydrogen) atoms. The van der Waals surface area contributed by atoms with Crippen molar-refractivity contribution in [1.29, 1.82) is 0 Å². The average Bonchev–Trinajstić information content (AvgIpc) is 2.06. The lowest BCUT2D eigenvalue weighted by atomic mass is 10.00. The number of fused-ring (bicyclic) bond motifs is 4. The molecule has 11 aromatic rings. The number of ether oxygens (including phenoxy) is 2. The summed E-state index contributed by atoms with van der Waals surface area (Å²) < 4.78 is 144. The number of carbonyl (C=O) groups excluding carboxylic acids is 2. The second kappa shape index (κ2) is 28.9. The first kappa shape index (κ1) is 66.0. The van der Waals surface area contributed by atoms with E-state index in [1.807, 2.05) is 6.92 Å². The Morgan fingerprint density at radius 1 is 0.604 bits per heavy atom. The van der Waals surface area contributed by atoms with Gasteiger partial charge in [0.15, 0.2) is 22.8 Å². The van der Waals surface area contributed by atoms with Gasteiger partial charge in [-0.1, -0.05) is 55.5 Å². The Labute approximate surface area is 509 Å². The summed E-state index contributed by atoms with van der Waals surface area (Å²) >= 11 is 0. The summed E-state index contributed by atoms with van der Waals surface area (Å²) in [5.41, 5.74) is 7.77. The highest BCUT2D eigenvalue weighted by molar-refractivity contribution is 6.17. The van der Waals surface area contributed by atoms with Crippen LogP contribution in [0.3, 0.4) is 0 Å². The minimum absolute atomic E-state index is 0.0197. The first-order valence-corrected chi connectivity index (χ1v) is 27.1. The number of alkyl halides is 2. The van der Waals surface area contributed by atoms with E-state index in [9.17, 15) is 68.6 Å². The Kier molecular flexibility index (Phi) is 20.9. The standard InChI is InChI=1S/C17H12F2O3.C17H12F2O2.C13H9F3N4O.C10H9FO3.C10H7FO2/c1-9(20)17-14(10-4-2-5-11(18)8-10)16(21)15-12(19)6-3-7-13(15)22-17;1-2-13-15(10-6-8-11(18)9-7-10)17(20)16-12(19)4-3-5-14(16)21-13;14-7-3-6(1-2-9(7)21-13(15)16)11-10-8(4-18-11)19-5-20-12(10)17;1-6(12)10-8(11)4-3-5-9(10)14-7(2)13;1-6-5-8(12)10-7(11)3-2-4-9(10)13-6/h2-9,20H,1H3;3-9H,2H2,1H3;1-3,5,13H,4H2,(H2,17,19,20);3-5H,1-2H3;2-5H,1H3. The van der Waals surface area contributed by atoms with E-state index in [1.54, 1.807) is 19.1 Å². The summed E-state index contributed by atoms with van der Waals surface area (Å²) in [6, 6.07) is 32.3. The number of aryl methyl sites for hydroxylation is 2. The first-order chi connectivity index (χ1) is 43.4. The molecular weight excluding hydrogens is 1210 g/mol. The Morgan fingerprint density at radius 2 is 1.18 bits per heavy atom. The summed E-state index contributed by atoms with van der Waals surface area (Å²) in [5, 5.41) is 9.60. The van der Waals surface area contributed by atoms with Crippen LogP contribution in [0.25, 0.3) is 55.2 Å². The fourth-order valence-corrected chi connectivity index (χ4v) is 9.33. The van der Waals surface area contributed by atoms with Crippen LogP contribution in [0.1, 0.15) is 78.3 Å². The molecule has 1 atom stereocenters. The van der Waals surface area contributed by atoms with Gasteiger partial charge in [-0.3, -0.25) is 29.0 Å². The van der Waals surface area contributed by atoms with Crippen LogP contribution in [0.15, 0.2) is 185 Å². The molecule has 24 heteroatoms. The predicted molar refractivity (Wildman–Crippen MR) is 319 cm³/mol. The number of anilines is 1. The van der Waals surface area contributed by atoms with E-state index in [1.165, 1.54) is 130 Å². The number of aliphatic hydroxyl groups is 1. The van der Waals surface area contributed by atoms with Crippen LogP contribution in [0.2, 0.25) is 0 Å². The number of benzene rings is 7. The third-order valence-electron chi connectivity index (χ3n) is 13.2. The summed E-state index contributed by atoms with van der Waals surface area (Å²) in [6.07, 6.45) is 0.708. The molecule has 1 aliphatic heterocycles. The number of nitrogens with zero attached hydrogens (tertiary/aromatic N) is 3. The molecule has 1 unspecified atom stereocenters. The maximum atomic E-state index is 14.0. The number of rotatable bonds is 9. The molecule has 5 heterocycles. The largest absolute Gasteiger partial charge is 0.461 e. The highest BCUT2D eigenvalue weighted by Crippen LogP contribution is 2.32. The Hall–Kier alpha value is -11.0. The maximum absolute atomic E-state index is 14.0. The van der Waals surface area contributed by atoms with E-state index in [0.29, 0.717) is 58.2 Å². The van der Waals surface area contributed by atoms with Gasteiger partial charge in [0.05, 0.1) is 40.2 Å². The lowest BCUT2D eigenvalue weighted by Gasteiger charge is -2.12. The topological polar surface area (TPSA) is 228 Å². The lowest BCUT2D eigenvalue weighted by Crippen LogP contribution is -2.12. The van der Waals surface area contributed by atoms with Crippen LogP contribution >= 0.6 is 0 Å². The number of nitrogen functional groups attached to an aromatic ring is 1. The van der Waals surface area contributed by atoms with Crippen molar-refractivity contribution in [3.8, 4) is 33.8 Å². The number of carbonyl (C=O) groups is 2. The Bertz CT molecular complexity index is 4780. The van der Waals surface area contributed by atoms with E-state index in [0.717, 1.165) is 30.3 Å². The monoisotopic (exact) mass is 1260 g/mol. The van der Waals surface area contributed by atoms with E-state index in [4.69, 9.17) is 19.0 Å². The normalized spacial score (nSPS) is 11.6. The van der Waals surface area contributed by atoms with Crippen molar-refractivity contribution in [2.24, 2.45) is 4.99 Å². The number of hydrogen-bond acceptors (Lipinski definition) is 15. The summed E-state index contributed by atoms with van der Waals surface area (Å²) in [6.45, 7) is 4.56. The summed E-state index contributed by atoms with van der Waals surface area (Å²) in [4.78, 5) is 70.4. The quantitative estimate of drug-likeness (QED) is 0.0593. The molecule has 7 aromatic carbocycles. The van der Waals surface area contributed by atoms with Gasteiger partial charge in [-0.25, -0.2) is 40.7 Å². The second-order valence-electron chi connectivity index (χ2n) is 19.5. The molecule has 0 aliphatic carbocycles. The third kappa shape index (κ3) is 15.3. The Balaban J connectivity index is 0.000000149. The maximum Gasteiger partial charge on any atom is 0.387 e. The average molecular weight is 1260 g/mol. The molecule has 0 radical (unpaired) electrons. The van der Waals surface area contributed by atoms with Crippen LogP contribution in [-0.4, -0.2) is 39.2 Å². The molecule has 0 fully saturated rings. The fourth-order valence-electron chi connectivity index (χ4n) is 9.33. The molecule has 12 rings (SSSR count). The molecule has 1 aliphatic rings. The van der Waals surface area contributed by atoms with Crippen molar-refractivity contribution in [1.82, 2.24) is 9.97 Å². The molecule has 0 saturated carbocycles. The third-order valence-corrected chi connectivity index (χ3v) is 13.2. The van der Waals surface area contributed by atoms with E-state index in [-0.39, 0.29) is 72.3 Å². The SMILES string of the molecule is CC(=O)Oc1cccc(F)c1C(C)=O.CC(O)c1oc2cccc(F)c2c(=O)c1-c1cccc(F)c1.CCc1oc2cccc(F)c2c(=O)c1-c1ccc(F)cc1.Cc1cc(=O)c2c(F)cccc2o1.Nc1ncnc2c1C(c1ccc(OC(F)F)c(F)c1)=NC2. The predicted octanol–water partition coefficient (Wildman–Crippen LogP) is 14.4. The number of halogens is 9. The minimum atomic E-state index is -3.08. The molecule has 0 bridgehead atoms. The zero-order valence-corrected chi connectivity index (χ0v) is 48.4. The van der Waals surface area contributed by atoms with Gasteiger partial charge in [0.25, 0.3) is 0 Å². The van der Waals surface area contributed by atoms with Crippen molar-refractivity contribution >= 4 is 56.2 Å². The zero-order chi connectivity index (χ0) is 66.0. The fraction of sp³-hybridized carbons (Fsp3) is 0.134. The molecule has 3 N–H and O–H groups in total. The van der Waals surface area contributed by atoms with Crippen LogP contribution in [0.5, 0.6) is 11.5 Å². The highest BCUT2D eigenvalue weighted by atomic mass is 19.3. The molecule has 0 amide bonds. The molecule has 0 saturated heterocycles. The van der Waals surface area contributed by atoms with Gasteiger partial charge in [0.1, 0.15) is 109 Å². The van der Waals surface area contributed by atoms with Gasteiger partial charge < -0.3 is 33.6 Å². The molecule has 15 nitrogen and oxygen atoms in total. The number of Topliss-reactive ketones (excluding diaryl/α,β-unsaturated/α-hetero) is 1.